The Labute approximate surface area is 109 Å². The summed E-state index contributed by atoms with van der Waals surface area (Å²) in [7, 11) is -3.21. The van der Waals surface area contributed by atoms with Crippen molar-refractivity contribution in [2.45, 2.75) is 18.9 Å². The molecule has 1 aliphatic heterocycles. The van der Waals surface area contributed by atoms with Crippen LogP contribution in [0.2, 0.25) is 0 Å². The number of sulfonamides is 1. The highest BCUT2D eigenvalue weighted by Gasteiger charge is 2.36. The minimum absolute atomic E-state index is 0.0939. The van der Waals surface area contributed by atoms with E-state index in [4.69, 9.17) is 5.11 Å². The van der Waals surface area contributed by atoms with Crippen LogP contribution < -0.4 is 5.32 Å². The van der Waals surface area contributed by atoms with Gasteiger partial charge in [-0.2, -0.15) is 4.31 Å². The molecule has 2 aliphatic rings. The van der Waals surface area contributed by atoms with Gasteiger partial charge in [0.2, 0.25) is 10.0 Å². The van der Waals surface area contributed by atoms with Crippen molar-refractivity contribution in [2.75, 3.05) is 51.6 Å². The van der Waals surface area contributed by atoms with Crippen molar-refractivity contribution in [2.24, 2.45) is 0 Å². The lowest BCUT2D eigenvalue weighted by atomic mass is 10.4. The molecule has 2 fully saturated rings. The highest BCUT2D eigenvalue weighted by molar-refractivity contribution is 7.89. The first-order valence-electron chi connectivity index (χ1n) is 6.67. The van der Waals surface area contributed by atoms with E-state index in [0.717, 1.165) is 39.0 Å². The number of nitrogens with one attached hydrogen (secondary N) is 1. The van der Waals surface area contributed by atoms with E-state index in [0.29, 0.717) is 6.54 Å². The standard InChI is InChI=1S/C11H23N3O3S/c15-9-7-14(11-1-2-11)18(16,17)10-8-13-5-3-12-4-6-13/h11-12,15H,1-10H2. The lowest BCUT2D eigenvalue weighted by molar-refractivity contribution is 0.242. The van der Waals surface area contributed by atoms with Crippen LogP contribution in [0, 0.1) is 0 Å². The second-order valence-corrected chi connectivity index (χ2v) is 7.01. The Balaban J connectivity index is 1.84. The van der Waals surface area contributed by atoms with Gasteiger partial charge in [0.05, 0.1) is 12.4 Å². The van der Waals surface area contributed by atoms with Gasteiger partial charge in [-0.3, -0.25) is 4.90 Å². The van der Waals surface area contributed by atoms with Gasteiger partial charge in [0.25, 0.3) is 0 Å². The fourth-order valence-corrected chi connectivity index (χ4v) is 4.05. The molecule has 106 valence electrons. The van der Waals surface area contributed by atoms with Gasteiger partial charge in [0, 0.05) is 45.3 Å². The molecule has 0 radical (unpaired) electrons. The van der Waals surface area contributed by atoms with Gasteiger partial charge in [0.1, 0.15) is 0 Å². The molecule has 0 aromatic rings. The zero-order valence-electron chi connectivity index (χ0n) is 10.7. The van der Waals surface area contributed by atoms with Crippen LogP contribution in [0.15, 0.2) is 0 Å². The molecule has 2 N–H and O–H groups in total. The molecule has 0 atom stereocenters. The Morgan fingerprint density at radius 3 is 2.50 bits per heavy atom. The average Bonchev–Trinajstić information content (AvgIpc) is 3.19. The third-order valence-corrected chi connectivity index (χ3v) is 5.40. The normalized spacial score (nSPS) is 22.6. The Morgan fingerprint density at radius 1 is 1.28 bits per heavy atom. The molecule has 6 nitrogen and oxygen atoms in total. The van der Waals surface area contributed by atoms with E-state index in [9.17, 15) is 8.42 Å². The van der Waals surface area contributed by atoms with E-state index in [1.54, 1.807) is 0 Å². The number of hydrogen-bond donors (Lipinski definition) is 2. The zero-order chi connectivity index (χ0) is 13.0. The number of hydrogen-bond acceptors (Lipinski definition) is 5. The number of piperazine rings is 1. The third-order valence-electron chi connectivity index (χ3n) is 3.51. The topological polar surface area (TPSA) is 72.9 Å². The minimum atomic E-state index is -3.21. The van der Waals surface area contributed by atoms with Crippen LogP contribution >= 0.6 is 0 Å². The monoisotopic (exact) mass is 277 g/mol. The van der Waals surface area contributed by atoms with Crippen molar-refractivity contribution in [1.82, 2.24) is 14.5 Å². The van der Waals surface area contributed by atoms with E-state index in [1.807, 2.05) is 0 Å². The number of rotatable bonds is 7. The molecule has 0 amide bonds. The number of nitrogens with zero attached hydrogens (tertiary/aromatic N) is 2. The molecule has 0 unspecified atom stereocenters. The maximum atomic E-state index is 12.2. The summed E-state index contributed by atoms with van der Waals surface area (Å²) in [4.78, 5) is 2.18. The lowest BCUT2D eigenvalue weighted by Crippen LogP contribution is -2.46. The molecule has 0 bridgehead atoms. The van der Waals surface area contributed by atoms with E-state index in [2.05, 4.69) is 10.2 Å². The molecular formula is C11H23N3O3S. The van der Waals surface area contributed by atoms with E-state index in [-0.39, 0.29) is 24.9 Å². The minimum Gasteiger partial charge on any atom is -0.395 e. The smallest absolute Gasteiger partial charge is 0.215 e. The molecule has 1 saturated heterocycles. The van der Waals surface area contributed by atoms with Crippen LogP contribution in [0.4, 0.5) is 0 Å². The molecule has 1 aliphatic carbocycles. The second kappa shape index (κ2) is 6.29. The molecule has 1 saturated carbocycles. The van der Waals surface area contributed by atoms with Gasteiger partial charge in [-0.05, 0) is 12.8 Å². The summed E-state index contributed by atoms with van der Waals surface area (Å²) in [6.07, 6.45) is 1.87. The number of aliphatic hydroxyl groups is 1. The Hall–Kier alpha value is -0.210. The summed E-state index contributed by atoms with van der Waals surface area (Å²) in [6, 6.07) is 0.144. The Kier molecular flexibility index (Phi) is 4.97. The van der Waals surface area contributed by atoms with Crippen LogP contribution in [-0.2, 0) is 10.0 Å². The summed E-state index contributed by atoms with van der Waals surface area (Å²) in [5.41, 5.74) is 0. The zero-order valence-corrected chi connectivity index (χ0v) is 11.5. The highest BCUT2D eigenvalue weighted by atomic mass is 32.2. The molecular weight excluding hydrogens is 254 g/mol. The summed E-state index contributed by atoms with van der Waals surface area (Å²) in [6.45, 7) is 4.44. The maximum absolute atomic E-state index is 12.2. The SMILES string of the molecule is O=S(=O)(CCN1CCNCC1)N(CCO)C1CC1. The molecule has 0 aromatic carbocycles. The van der Waals surface area contributed by atoms with Crippen LogP contribution in [-0.4, -0.2) is 80.4 Å². The first-order chi connectivity index (χ1) is 8.63. The second-order valence-electron chi connectivity index (χ2n) is 4.97. The molecule has 18 heavy (non-hydrogen) atoms. The summed E-state index contributed by atoms with van der Waals surface area (Å²) < 4.78 is 25.9. The van der Waals surface area contributed by atoms with Gasteiger partial charge in [-0.1, -0.05) is 0 Å². The fraction of sp³-hybridized carbons (Fsp3) is 1.00. The van der Waals surface area contributed by atoms with Gasteiger partial charge in [-0.25, -0.2) is 8.42 Å². The molecule has 7 heteroatoms. The largest absolute Gasteiger partial charge is 0.395 e. The van der Waals surface area contributed by atoms with E-state index in [1.165, 1.54) is 4.31 Å². The predicted octanol–water partition coefficient (Wildman–Crippen LogP) is -1.32. The Morgan fingerprint density at radius 2 is 1.94 bits per heavy atom. The third kappa shape index (κ3) is 3.89. The van der Waals surface area contributed by atoms with Gasteiger partial charge in [0.15, 0.2) is 0 Å². The predicted molar refractivity (Wildman–Crippen MR) is 69.9 cm³/mol. The molecule has 0 aromatic heterocycles. The lowest BCUT2D eigenvalue weighted by Gasteiger charge is -2.28. The first kappa shape index (κ1) is 14.2. The van der Waals surface area contributed by atoms with Crippen molar-refractivity contribution >= 4 is 10.0 Å². The van der Waals surface area contributed by atoms with Crippen molar-refractivity contribution in [1.29, 1.82) is 0 Å². The van der Waals surface area contributed by atoms with Crippen molar-refractivity contribution in [3.63, 3.8) is 0 Å². The van der Waals surface area contributed by atoms with Crippen molar-refractivity contribution in [3.8, 4) is 0 Å². The number of aliphatic hydroxyl groups excluding tert-OH is 1. The molecule has 0 spiro atoms. The molecule has 2 rings (SSSR count). The van der Waals surface area contributed by atoms with Gasteiger partial charge in [-0.15, -0.1) is 0 Å². The van der Waals surface area contributed by atoms with Crippen molar-refractivity contribution < 1.29 is 13.5 Å². The summed E-state index contributed by atoms with van der Waals surface area (Å²) >= 11 is 0. The Bertz CT molecular complexity index is 351. The van der Waals surface area contributed by atoms with Gasteiger partial charge < -0.3 is 10.4 Å². The maximum Gasteiger partial charge on any atom is 0.215 e. The molecule has 1 heterocycles. The van der Waals surface area contributed by atoms with E-state index >= 15 is 0 Å². The van der Waals surface area contributed by atoms with Crippen molar-refractivity contribution in [3.05, 3.63) is 0 Å². The fourth-order valence-electron chi connectivity index (χ4n) is 2.31. The van der Waals surface area contributed by atoms with E-state index < -0.39 is 10.0 Å². The summed E-state index contributed by atoms with van der Waals surface area (Å²) in [5.74, 6) is 0.170. The van der Waals surface area contributed by atoms with Crippen LogP contribution in [0.5, 0.6) is 0 Å². The quantitative estimate of drug-likeness (QED) is 0.604. The average molecular weight is 277 g/mol. The summed E-state index contributed by atoms with van der Waals surface area (Å²) in [5, 5.41) is 12.2. The van der Waals surface area contributed by atoms with Crippen LogP contribution in [0.3, 0.4) is 0 Å². The highest BCUT2D eigenvalue weighted by Crippen LogP contribution is 2.29. The first-order valence-corrected chi connectivity index (χ1v) is 8.28. The van der Waals surface area contributed by atoms with Crippen LogP contribution in [0.1, 0.15) is 12.8 Å². The van der Waals surface area contributed by atoms with Crippen LogP contribution in [0.25, 0.3) is 0 Å². The van der Waals surface area contributed by atoms with Gasteiger partial charge >= 0.3 is 0 Å².